The maximum absolute atomic E-state index is 13.0. The van der Waals surface area contributed by atoms with Crippen molar-refractivity contribution >= 4 is 5.91 Å². The summed E-state index contributed by atoms with van der Waals surface area (Å²) in [5.41, 5.74) is 4.16. The molecular weight excluding hydrogens is 390 g/mol. The Balaban J connectivity index is 1.53. The van der Waals surface area contributed by atoms with Crippen molar-refractivity contribution in [2.24, 2.45) is 5.92 Å². The Morgan fingerprint density at radius 2 is 1.90 bits per heavy atom. The lowest BCUT2D eigenvalue weighted by Crippen LogP contribution is -2.44. The second-order valence-electron chi connectivity index (χ2n) is 8.77. The molecule has 0 saturated heterocycles. The summed E-state index contributed by atoms with van der Waals surface area (Å²) in [5.74, 6) is 0.436. The molecule has 1 aromatic carbocycles. The highest BCUT2D eigenvalue weighted by atomic mass is 16.2. The molecule has 0 radical (unpaired) electrons. The molecule has 2 heterocycles. The molecule has 1 amide bonds. The van der Waals surface area contributed by atoms with Gasteiger partial charge in [-0.25, -0.2) is 9.36 Å². The number of nitrogens with zero attached hydrogens (tertiary/aromatic N) is 4. The molecule has 1 fully saturated rings. The average Bonchev–Trinajstić information content (AvgIpc) is 3.52. The molecule has 1 N–H and O–H groups in total. The van der Waals surface area contributed by atoms with E-state index in [1.165, 1.54) is 4.68 Å². The summed E-state index contributed by atoms with van der Waals surface area (Å²) in [7, 11) is 0. The van der Waals surface area contributed by atoms with Gasteiger partial charge in [-0.05, 0) is 62.9 Å². The number of hydrogen-bond acceptors (Lipinski definition) is 4. The van der Waals surface area contributed by atoms with Crippen LogP contribution in [0.2, 0.25) is 0 Å². The van der Waals surface area contributed by atoms with Crippen LogP contribution in [0.4, 0.5) is 0 Å². The lowest BCUT2D eigenvalue weighted by molar-refractivity contribution is 0.0918. The molecule has 1 aliphatic rings. The molecule has 1 saturated carbocycles. The Morgan fingerprint density at radius 1 is 1.13 bits per heavy atom. The molecule has 3 aromatic rings. The molecule has 1 atom stereocenters. The van der Waals surface area contributed by atoms with E-state index in [1.54, 1.807) is 12.1 Å². The topological polar surface area (TPSA) is 81.8 Å². The lowest BCUT2D eigenvalue weighted by Gasteiger charge is -2.23. The van der Waals surface area contributed by atoms with Crippen molar-refractivity contribution < 1.29 is 4.79 Å². The minimum Gasteiger partial charge on any atom is -0.347 e. The monoisotopic (exact) mass is 419 g/mol. The number of carbonyl (C=O) groups is 1. The average molecular weight is 420 g/mol. The molecule has 7 nitrogen and oxygen atoms in total. The van der Waals surface area contributed by atoms with E-state index < -0.39 is 0 Å². The second kappa shape index (κ2) is 8.49. The molecule has 0 unspecified atom stereocenters. The van der Waals surface area contributed by atoms with Gasteiger partial charge >= 0.3 is 0 Å². The van der Waals surface area contributed by atoms with E-state index in [4.69, 9.17) is 0 Å². The Hall–Kier alpha value is -3.22. The van der Waals surface area contributed by atoms with Gasteiger partial charge in [0.15, 0.2) is 0 Å². The Morgan fingerprint density at radius 3 is 2.55 bits per heavy atom. The summed E-state index contributed by atoms with van der Waals surface area (Å²) in [5, 5.41) is 12.1. The normalized spacial score (nSPS) is 14.6. The van der Waals surface area contributed by atoms with Crippen LogP contribution in [-0.2, 0) is 6.54 Å². The lowest BCUT2D eigenvalue weighted by atomic mass is 10.0. The van der Waals surface area contributed by atoms with E-state index in [1.807, 2.05) is 62.7 Å². The molecular formula is C24H29N5O2. The molecule has 0 aliphatic heterocycles. The largest absolute Gasteiger partial charge is 0.347 e. The number of nitrogens with one attached hydrogen (secondary N) is 1. The SMILES string of the molecule is Cc1cc(C)n(-c2cccc(C(=O)N[C@H](Cn3nc(C4CC4)ccc3=O)C(C)C)c2)n1. The highest BCUT2D eigenvalue weighted by Crippen LogP contribution is 2.38. The van der Waals surface area contributed by atoms with E-state index in [9.17, 15) is 9.59 Å². The summed E-state index contributed by atoms with van der Waals surface area (Å²) in [4.78, 5) is 25.4. The van der Waals surface area contributed by atoms with Gasteiger partial charge in [0.05, 0.1) is 29.7 Å². The van der Waals surface area contributed by atoms with Gasteiger partial charge in [-0.15, -0.1) is 0 Å². The van der Waals surface area contributed by atoms with Crippen molar-refractivity contribution in [2.45, 2.75) is 59.0 Å². The van der Waals surface area contributed by atoms with Crippen molar-refractivity contribution in [1.29, 1.82) is 0 Å². The van der Waals surface area contributed by atoms with Crippen LogP contribution in [0, 0.1) is 19.8 Å². The van der Waals surface area contributed by atoms with Gasteiger partial charge in [0.25, 0.3) is 11.5 Å². The van der Waals surface area contributed by atoms with Gasteiger partial charge in [0, 0.05) is 23.2 Å². The van der Waals surface area contributed by atoms with Gasteiger partial charge in [0.1, 0.15) is 0 Å². The van der Waals surface area contributed by atoms with Crippen LogP contribution in [0.1, 0.15) is 60.0 Å². The van der Waals surface area contributed by atoms with Crippen LogP contribution in [0.3, 0.4) is 0 Å². The molecule has 1 aliphatic carbocycles. The Labute approximate surface area is 182 Å². The summed E-state index contributed by atoms with van der Waals surface area (Å²) >= 11 is 0. The smallest absolute Gasteiger partial charge is 0.266 e. The van der Waals surface area contributed by atoms with Crippen LogP contribution in [0.15, 0.2) is 47.3 Å². The number of benzene rings is 1. The number of aromatic nitrogens is 4. The fourth-order valence-electron chi connectivity index (χ4n) is 3.72. The standard InChI is InChI=1S/C24H29N5O2/c1-15(2)22(14-28-23(30)11-10-21(27-28)18-8-9-18)25-24(31)19-6-5-7-20(13-19)29-17(4)12-16(3)26-29/h5-7,10-13,15,18,22H,8-9,14H2,1-4H3,(H,25,31)/t22-/m1/s1. The maximum Gasteiger partial charge on any atom is 0.266 e. The van der Waals surface area contributed by atoms with Crippen molar-refractivity contribution in [3.8, 4) is 5.69 Å². The van der Waals surface area contributed by atoms with Crippen LogP contribution in [-0.4, -0.2) is 31.5 Å². The first-order valence-electron chi connectivity index (χ1n) is 10.8. The molecule has 162 valence electrons. The molecule has 7 heteroatoms. The van der Waals surface area contributed by atoms with Gasteiger partial charge in [0.2, 0.25) is 0 Å². The summed E-state index contributed by atoms with van der Waals surface area (Å²) in [6.45, 7) is 8.35. The van der Waals surface area contributed by atoms with Gasteiger partial charge < -0.3 is 5.32 Å². The predicted octanol–water partition coefficient (Wildman–Crippen LogP) is 3.38. The van der Waals surface area contributed by atoms with Crippen LogP contribution < -0.4 is 10.9 Å². The molecule has 2 aromatic heterocycles. The molecule has 0 spiro atoms. The van der Waals surface area contributed by atoms with Gasteiger partial charge in [-0.3, -0.25) is 9.59 Å². The zero-order chi connectivity index (χ0) is 22.1. The third kappa shape index (κ3) is 4.76. The molecule has 31 heavy (non-hydrogen) atoms. The van der Waals surface area contributed by atoms with Crippen molar-refractivity contribution in [3.05, 3.63) is 75.5 Å². The molecule has 0 bridgehead atoms. The van der Waals surface area contributed by atoms with Crippen LogP contribution >= 0.6 is 0 Å². The molecule has 4 rings (SSSR count). The third-order valence-corrected chi connectivity index (χ3v) is 5.74. The van der Waals surface area contributed by atoms with Crippen molar-refractivity contribution in [3.63, 3.8) is 0 Å². The Bertz CT molecular complexity index is 1160. The number of rotatable bonds is 7. The van der Waals surface area contributed by atoms with E-state index in [0.717, 1.165) is 35.6 Å². The van der Waals surface area contributed by atoms with Crippen LogP contribution in [0.25, 0.3) is 5.69 Å². The predicted molar refractivity (Wildman–Crippen MR) is 120 cm³/mol. The highest BCUT2D eigenvalue weighted by molar-refractivity contribution is 5.94. The van der Waals surface area contributed by atoms with Gasteiger partial charge in [-0.2, -0.15) is 10.2 Å². The number of carbonyl (C=O) groups excluding carboxylic acids is 1. The minimum absolute atomic E-state index is 0.140. The van der Waals surface area contributed by atoms with Crippen molar-refractivity contribution in [2.75, 3.05) is 0 Å². The minimum atomic E-state index is -0.218. The van der Waals surface area contributed by atoms with E-state index in [2.05, 4.69) is 15.5 Å². The first-order valence-corrected chi connectivity index (χ1v) is 10.8. The maximum atomic E-state index is 13.0. The van der Waals surface area contributed by atoms with E-state index in [-0.39, 0.29) is 23.4 Å². The first kappa shape index (κ1) is 21.0. The summed E-state index contributed by atoms with van der Waals surface area (Å²) in [6.07, 6.45) is 2.25. The fourth-order valence-corrected chi connectivity index (χ4v) is 3.72. The fraction of sp³-hybridized carbons (Fsp3) is 0.417. The highest BCUT2D eigenvalue weighted by Gasteiger charge is 2.26. The zero-order valence-corrected chi connectivity index (χ0v) is 18.5. The third-order valence-electron chi connectivity index (χ3n) is 5.74. The zero-order valence-electron chi connectivity index (χ0n) is 18.5. The summed E-state index contributed by atoms with van der Waals surface area (Å²) < 4.78 is 3.32. The van der Waals surface area contributed by atoms with Crippen molar-refractivity contribution in [1.82, 2.24) is 24.9 Å². The first-order chi connectivity index (χ1) is 14.8. The Kier molecular flexibility index (Phi) is 5.76. The summed E-state index contributed by atoms with van der Waals surface area (Å²) in [6, 6.07) is 12.6. The quantitative estimate of drug-likeness (QED) is 0.637. The van der Waals surface area contributed by atoms with Crippen LogP contribution in [0.5, 0.6) is 0 Å². The number of amides is 1. The van der Waals surface area contributed by atoms with Gasteiger partial charge in [-0.1, -0.05) is 19.9 Å². The number of hydrogen-bond donors (Lipinski definition) is 1. The van der Waals surface area contributed by atoms with E-state index in [0.29, 0.717) is 18.0 Å². The number of aryl methyl sites for hydroxylation is 2. The second-order valence-corrected chi connectivity index (χ2v) is 8.77. The van der Waals surface area contributed by atoms with E-state index >= 15 is 0 Å².